The lowest BCUT2D eigenvalue weighted by molar-refractivity contribution is 0.0950. The fourth-order valence-electron chi connectivity index (χ4n) is 2.95. The predicted molar refractivity (Wildman–Crippen MR) is 116 cm³/mol. The number of rotatable bonds is 6. The number of anilines is 2. The molecule has 0 aliphatic rings. The molecule has 0 spiro atoms. The highest BCUT2D eigenvalue weighted by Gasteiger charge is 2.10. The van der Waals surface area contributed by atoms with Crippen LogP contribution in [0.15, 0.2) is 72.9 Å². The molecule has 0 saturated carbocycles. The zero-order valence-corrected chi connectivity index (χ0v) is 16.4. The number of nitrogens with zero attached hydrogens (tertiary/aromatic N) is 3. The van der Waals surface area contributed by atoms with Crippen molar-refractivity contribution in [1.82, 2.24) is 25.7 Å². The van der Waals surface area contributed by atoms with Crippen LogP contribution in [0.5, 0.6) is 0 Å². The van der Waals surface area contributed by atoms with Gasteiger partial charge in [0.15, 0.2) is 0 Å². The van der Waals surface area contributed by atoms with Gasteiger partial charge in [0.05, 0.1) is 6.20 Å². The zero-order valence-electron chi connectivity index (χ0n) is 16.4. The Hall–Kier alpha value is -4.53. The molecule has 0 radical (unpaired) electrons. The lowest BCUT2D eigenvalue weighted by Gasteiger charge is -2.09. The predicted octanol–water partition coefficient (Wildman–Crippen LogP) is 2.63. The first kappa shape index (κ1) is 19.8. The number of carbonyl (C=O) groups excluding carboxylic acids is 2. The second kappa shape index (κ2) is 8.87. The van der Waals surface area contributed by atoms with Gasteiger partial charge in [-0.1, -0.05) is 30.3 Å². The molecule has 5 N–H and O–H groups in total. The van der Waals surface area contributed by atoms with Crippen LogP contribution in [0.3, 0.4) is 0 Å². The summed E-state index contributed by atoms with van der Waals surface area (Å²) < 4.78 is 0. The Morgan fingerprint density at radius 3 is 2.52 bits per heavy atom. The average Bonchev–Trinajstić information content (AvgIpc) is 3.33. The third-order valence-corrected chi connectivity index (χ3v) is 4.50. The van der Waals surface area contributed by atoms with Gasteiger partial charge in [-0.05, 0) is 42.0 Å². The van der Waals surface area contributed by atoms with Gasteiger partial charge in [-0.2, -0.15) is 15.4 Å². The maximum atomic E-state index is 12.5. The maximum Gasteiger partial charge on any atom is 0.274 e. The first-order chi connectivity index (χ1) is 15.1. The van der Waals surface area contributed by atoms with Crippen LogP contribution in [-0.4, -0.2) is 32.2 Å². The molecule has 154 valence electrons. The standard InChI is InChI=1S/C22H19N7O2/c23-20-6-2-5-18(27-20)22(31)26-17-4-1-3-14(11-17)12-24-21(30)16-9-7-15(8-10-16)19-13-25-29-28-19/h1-11,13H,12H2,(H2,23,27)(H,24,30)(H,26,31)(H,25,28,29). The molecular weight excluding hydrogens is 394 g/mol. The van der Waals surface area contributed by atoms with E-state index >= 15 is 0 Å². The van der Waals surface area contributed by atoms with Crippen molar-refractivity contribution in [3.05, 3.63) is 89.7 Å². The molecule has 0 unspecified atom stereocenters. The normalized spacial score (nSPS) is 10.5. The molecule has 0 aliphatic heterocycles. The number of aromatic nitrogens is 4. The topological polar surface area (TPSA) is 139 Å². The van der Waals surface area contributed by atoms with Crippen molar-refractivity contribution >= 4 is 23.3 Å². The number of amides is 2. The summed E-state index contributed by atoms with van der Waals surface area (Å²) in [6.07, 6.45) is 1.61. The van der Waals surface area contributed by atoms with Crippen molar-refractivity contribution in [2.75, 3.05) is 11.1 Å². The van der Waals surface area contributed by atoms with Crippen molar-refractivity contribution in [3.63, 3.8) is 0 Å². The Kier molecular flexibility index (Phi) is 5.66. The molecule has 31 heavy (non-hydrogen) atoms. The minimum absolute atomic E-state index is 0.204. The second-order valence-corrected chi connectivity index (χ2v) is 6.72. The molecule has 2 heterocycles. The van der Waals surface area contributed by atoms with Crippen molar-refractivity contribution in [2.24, 2.45) is 0 Å². The Balaban J connectivity index is 1.36. The quantitative estimate of drug-likeness (QED) is 0.383. The number of benzene rings is 2. The van der Waals surface area contributed by atoms with Gasteiger partial charge in [-0.3, -0.25) is 9.59 Å². The van der Waals surface area contributed by atoms with Crippen LogP contribution in [0.4, 0.5) is 11.5 Å². The van der Waals surface area contributed by atoms with Gasteiger partial charge in [0.25, 0.3) is 11.8 Å². The summed E-state index contributed by atoms with van der Waals surface area (Å²) in [5.74, 6) is -0.288. The van der Waals surface area contributed by atoms with Gasteiger partial charge in [-0.15, -0.1) is 0 Å². The smallest absolute Gasteiger partial charge is 0.274 e. The first-order valence-corrected chi connectivity index (χ1v) is 9.46. The van der Waals surface area contributed by atoms with Crippen LogP contribution < -0.4 is 16.4 Å². The fraction of sp³-hybridized carbons (Fsp3) is 0.0455. The fourth-order valence-corrected chi connectivity index (χ4v) is 2.95. The molecule has 2 amide bonds. The molecule has 9 nitrogen and oxygen atoms in total. The third-order valence-electron chi connectivity index (χ3n) is 4.50. The van der Waals surface area contributed by atoms with E-state index < -0.39 is 0 Å². The summed E-state index contributed by atoms with van der Waals surface area (Å²) in [5, 5.41) is 16.0. The van der Waals surface area contributed by atoms with Crippen molar-refractivity contribution < 1.29 is 9.59 Å². The van der Waals surface area contributed by atoms with Crippen LogP contribution in [0.2, 0.25) is 0 Å². The molecule has 0 bridgehead atoms. The number of aromatic amines is 1. The molecule has 0 atom stereocenters. The summed E-state index contributed by atoms with van der Waals surface area (Å²) in [6.45, 7) is 0.310. The highest BCUT2D eigenvalue weighted by molar-refractivity contribution is 6.03. The van der Waals surface area contributed by atoms with Gasteiger partial charge in [0.1, 0.15) is 17.2 Å². The van der Waals surface area contributed by atoms with Crippen molar-refractivity contribution in [3.8, 4) is 11.3 Å². The zero-order chi connectivity index (χ0) is 21.6. The number of pyridine rings is 1. The molecule has 0 fully saturated rings. The number of nitrogens with two attached hydrogens (primary N) is 1. The largest absolute Gasteiger partial charge is 0.384 e. The van der Waals surface area contributed by atoms with Crippen LogP contribution in [0.1, 0.15) is 26.4 Å². The maximum absolute atomic E-state index is 12.5. The van der Waals surface area contributed by atoms with Crippen LogP contribution >= 0.6 is 0 Å². The van der Waals surface area contributed by atoms with E-state index in [0.29, 0.717) is 23.5 Å². The molecular formula is C22H19N7O2. The van der Waals surface area contributed by atoms with Gasteiger partial charge < -0.3 is 16.4 Å². The van der Waals surface area contributed by atoms with Crippen LogP contribution in [0, 0.1) is 0 Å². The van der Waals surface area contributed by atoms with E-state index in [4.69, 9.17) is 5.73 Å². The van der Waals surface area contributed by atoms with Crippen LogP contribution in [0.25, 0.3) is 11.3 Å². The van der Waals surface area contributed by atoms with Gasteiger partial charge in [-0.25, -0.2) is 4.98 Å². The molecule has 0 aliphatic carbocycles. The highest BCUT2D eigenvalue weighted by atomic mass is 16.2. The monoisotopic (exact) mass is 413 g/mol. The highest BCUT2D eigenvalue weighted by Crippen LogP contribution is 2.16. The number of nitrogen functional groups attached to an aromatic ring is 1. The van der Waals surface area contributed by atoms with Gasteiger partial charge >= 0.3 is 0 Å². The average molecular weight is 413 g/mol. The van der Waals surface area contributed by atoms with E-state index in [2.05, 4.69) is 31.0 Å². The third kappa shape index (κ3) is 4.91. The minimum Gasteiger partial charge on any atom is -0.384 e. The van der Waals surface area contributed by atoms with Gasteiger partial charge in [0.2, 0.25) is 0 Å². The molecule has 9 heteroatoms. The van der Waals surface area contributed by atoms with Crippen LogP contribution in [-0.2, 0) is 6.54 Å². The lowest BCUT2D eigenvalue weighted by atomic mass is 10.1. The Bertz CT molecular complexity index is 1200. The summed E-state index contributed by atoms with van der Waals surface area (Å²) in [7, 11) is 0. The van der Waals surface area contributed by atoms with E-state index in [-0.39, 0.29) is 23.3 Å². The summed E-state index contributed by atoms with van der Waals surface area (Å²) in [4.78, 5) is 28.8. The number of hydrogen-bond acceptors (Lipinski definition) is 6. The molecule has 2 aromatic heterocycles. The van der Waals surface area contributed by atoms with Gasteiger partial charge in [0, 0.05) is 23.4 Å². The first-order valence-electron chi connectivity index (χ1n) is 9.46. The molecule has 4 rings (SSSR count). The van der Waals surface area contributed by atoms with Crippen molar-refractivity contribution in [2.45, 2.75) is 6.54 Å². The lowest BCUT2D eigenvalue weighted by Crippen LogP contribution is -2.22. The number of hydrogen-bond donors (Lipinski definition) is 4. The van der Waals surface area contributed by atoms with E-state index in [0.717, 1.165) is 11.1 Å². The summed E-state index contributed by atoms with van der Waals surface area (Å²) >= 11 is 0. The van der Waals surface area contributed by atoms with E-state index in [9.17, 15) is 9.59 Å². The van der Waals surface area contributed by atoms with E-state index in [1.54, 1.807) is 54.7 Å². The summed E-state index contributed by atoms with van der Waals surface area (Å²) in [6, 6.07) is 19.2. The summed E-state index contributed by atoms with van der Waals surface area (Å²) in [5.41, 5.74) is 9.39. The Morgan fingerprint density at radius 1 is 0.968 bits per heavy atom. The number of nitrogens with one attached hydrogen (secondary N) is 3. The Morgan fingerprint density at radius 2 is 1.77 bits per heavy atom. The Labute approximate surface area is 177 Å². The number of carbonyl (C=O) groups is 2. The second-order valence-electron chi connectivity index (χ2n) is 6.72. The SMILES string of the molecule is Nc1cccc(C(=O)Nc2cccc(CNC(=O)c3ccc(-c4cn[nH]n4)cc3)c2)n1. The number of H-pyrrole nitrogens is 1. The minimum atomic E-state index is -0.360. The molecule has 2 aromatic carbocycles. The van der Waals surface area contributed by atoms with E-state index in [1.807, 2.05) is 18.2 Å². The molecule has 4 aromatic rings. The molecule has 0 saturated heterocycles. The van der Waals surface area contributed by atoms with Crippen molar-refractivity contribution in [1.29, 1.82) is 0 Å². The van der Waals surface area contributed by atoms with E-state index in [1.165, 1.54) is 0 Å².